The monoisotopic (exact) mass is 304 g/mol. The van der Waals surface area contributed by atoms with E-state index in [1.807, 2.05) is 12.1 Å². The van der Waals surface area contributed by atoms with Crippen LogP contribution in [0.15, 0.2) is 24.3 Å². The van der Waals surface area contributed by atoms with Crippen LogP contribution in [0.25, 0.3) is 0 Å². The molecule has 0 aromatic heterocycles. The van der Waals surface area contributed by atoms with Crippen LogP contribution in [0.3, 0.4) is 0 Å². The minimum Gasteiger partial charge on any atom is -0.333 e. The van der Waals surface area contributed by atoms with Crippen molar-refractivity contribution in [2.24, 2.45) is 0 Å². The van der Waals surface area contributed by atoms with Crippen molar-refractivity contribution in [3.8, 4) is 0 Å². The topological polar surface area (TPSA) is 45.6 Å². The molecule has 1 atom stereocenters. The Morgan fingerprint density at radius 3 is 2.50 bits per heavy atom. The normalized spacial score (nSPS) is 17.0. The van der Waals surface area contributed by atoms with Crippen LogP contribution in [0.5, 0.6) is 0 Å². The molecule has 4 heteroatoms. The number of carbonyl (C=O) groups is 1. The standard InChI is InChI=1S/C18H29N3O/c1-3-15(2)16-7-9-17(10-8-16)20-18(22)19-11-14-21-12-5-4-6-13-21/h7-10,15H,3-6,11-14H2,1-2H3,(H2,19,20,22)/p+1/t15-/m0/s1. The lowest BCUT2D eigenvalue weighted by Gasteiger charge is -2.23. The number of piperidine rings is 1. The van der Waals surface area contributed by atoms with E-state index >= 15 is 0 Å². The summed E-state index contributed by atoms with van der Waals surface area (Å²) in [5.74, 6) is 0.565. The van der Waals surface area contributed by atoms with E-state index in [2.05, 4.69) is 36.6 Å². The third kappa shape index (κ3) is 5.34. The van der Waals surface area contributed by atoms with E-state index in [0.29, 0.717) is 5.92 Å². The molecule has 0 aliphatic carbocycles. The molecule has 0 radical (unpaired) electrons. The van der Waals surface area contributed by atoms with Crippen molar-refractivity contribution >= 4 is 11.7 Å². The van der Waals surface area contributed by atoms with Gasteiger partial charge < -0.3 is 15.5 Å². The average Bonchev–Trinajstić information content (AvgIpc) is 2.56. The van der Waals surface area contributed by atoms with E-state index in [-0.39, 0.29) is 6.03 Å². The van der Waals surface area contributed by atoms with Crippen LogP contribution < -0.4 is 15.5 Å². The number of quaternary nitrogens is 1. The van der Waals surface area contributed by atoms with E-state index < -0.39 is 0 Å². The number of nitrogens with one attached hydrogen (secondary N) is 3. The Balaban J connectivity index is 1.70. The first kappa shape index (κ1) is 16.8. The van der Waals surface area contributed by atoms with Gasteiger partial charge in [-0.1, -0.05) is 26.0 Å². The highest BCUT2D eigenvalue weighted by molar-refractivity contribution is 5.89. The quantitative estimate of drug-likeness (QED) is 0.742. The predicted octanol–water partition coefficient (Wildman–Crippen LogP) is 2.39. The number of benzene rings is 1. The number of amides is 2. The Hall–Kier alpha value is -1.55. The van der Waals surface area contributed by atoms with Crippen molar-refractivity contribution in [2.75, 3.05) is 31.5 Å². The molecular formula is C18H30N3O+. The van der Waals surface area contributed by atoms with Crippen LogP contribution in [0, 0.1) is 0 Å². The van der Waals surface area contributed by atoms with Gasteiger partial charge in [-0.3, -0.25) is 0 Å². The molecule has 1 aromatic rings. The van der Waals surface area contributed by atoms with Gasteiger partial charge in [0.2, 0.25) is 0 Å². The molecular weight excluding hydrogens is 274 g/mol. The first-order valence-corrected chi connectivity index (χ1v) is 8.67. The largest absolute Gasteiger partial charge is 0.333 e. The van der Waals surface area contributed by atoms with E-state index in [0.717, 1.165) is 25.2 Å². The molecule has 122 valence electrons. The maximum atomic E-state index is 11.9. The van der Waals surface area contributed by atoms with Gasteiger partial charge in [0.05, 0.1) is 26.2 Å². The van der Waals surface area contributed by atoms with E-state index in [1.54, 1.807) is 4.90 Å². The molecule has 0 saturated carbocycles. The molecule has 4 nitrogen and oxygen atoms in total. The maximum Gasteiger partial charge on any atom is 0.319 e. The van der Waals surface area contributed by atoms with Gasteiger partial charge in [-0.15, -0.1) is 0 Å². The molecule has 3 N–H and O–H groups in total. The molecule has 1 aromatic carbocycles. The Labute approximate surface area is 134 Å². The van der Waals surface area contributed by atoms with Crippen molar-refractivity contribution in [1.29, 1.82) is 0 Å². The smallest absolute Gasteiger partial charge is 0.319 e. The molecule has 1 aliphatic heterocycles. The van der Waals surface area contributed by atoms with Gasteiger partial charge in [0, 0.05) is 5.69 Å². The Morgan fingerprint density at radius 1 is 1.18 bits per heavy atom. The minimum absolute atomic E-state index is 0.104. The van der Waals surface area contributed by atoms with Crippen LogP contribution in [0.2, 0.25) is 0 Å². The Bertz CT molecular complexity index is 452. The summed E-state index contributed by atoms with van der Waals surface area (Å²) >= 11 is 0. The van der Waals surface area contributed by atoms with Crippen molar-refractivity contribution in [1.82, 2.24) is 5.32 Å². The first-order chi connectivity index (χ1) is 10.7. The van der Waals surface area contributed by atoms with E-state index in [4.69, 9.17) is 0 Å². The summed E-state index contributed by atoms with van der Waals surface area (Å²) < 4.78 is 0. The van der Waals surface area contributed by atoms with Gasteiger partial charge in [0.1, 0.15) is 0 Å². The summed E-state index contributed by atoms with van der Waals surface area (Å²) in [6, 6.07) is 8.06. The summed E-state index contributed by atoms with van der Waals surface area (Å²) in [6.07, 6.45) is 5.14. The fraction of sp³-hybridized carbons (Fsp3) is 0.611. The second kappa shape index (κ2) is 8.79. The van der Waals surface area contributed by atoms with Crippen molar-refractivity contribution in [3.63, 3.8) is 0 Å². The second-order valence-electron chi connectivity index (χ2n) is 6.37. The summed E-state index contributed by atoms with van der Waals surface area (Å²) in [7, 11) is 0. The summed E-state index contributed by atoms with van der Waals surface area (Å²) in [6.45, 7) is 8.68. The Kier molecular flexibility index (Phi) is 6.72. The molecule has 0 unspecified atom stereocenters. The van der Waals surface area contributed by atoms with Crippen molar-refractivity contribution < 1.29 is 9.69 Å². The number of likely N-dealkylation sites (tertiary alicyclic amines) is 1. The molecule has 0 bridgehead atoms. The molecule has 1 heterocycles. The third-order valence-corrected chi connectivity index (χ3v) is 4.67. The fourth-order valence-electron chi connectivity index (χ4n) is 2.96. The summed E-state index contributed by atoms with van der Waals surface area (Å²) in [5, 5.41) is 5.86. The average molecular weight is 304 g/mol. The van der Waals surface area contributed by atoms with Gasteiger partial charge in [0.25, 0.3) is 0 Å². The molecule has 2 rings (SSSR count). The zero-order valence-electron chi connectivity index (χ0n) is 14.0. The van der Waals surface area contributed by atoms with Crippen LogP contribution in [-0.2, 0) is 0 Å². The Morgan fingerprint density at radius 2 is 1.86 bits per heavy atom. The highest BCUT2D eigenvalue weighted by Crippen LogP contribution is 2.20. The lowest BCUT2D eigenvalue weighted by Crippen LogP contribution is -3.13. The highest BCUT2D eigenvalue weighted by atomic mass is 16.2. The van der Waals surface area contributed by atoms with Gasteiger partial charge in [-0.05, 0) is 49.3 Å². The van der Waals surface area contributed by atoms with E-state index in [9.17, 15) is 4.79 Å². The molecule has 1 fully saturated rings. The summed E-state index contributed by atoms with van der Waals surface area (Å²) in [4.78, 5) is 13.5. The van der Waals surface area contributed by atoms with Crippen LogP contribution in [-0.4, -0.2) is 32.2 Å². The molecule has 2 amide bonds. The van der Waals surface area contributed by atoms with Crippen LogP contribution in [0.1, 0.15) is 51.0 Å². The van der Waals surface area contributed by atoms with Crippen LogP contribution >= 0.6 is 0 Å². The zero-order chi connectivity index (χ0) is 15.8. The summed E-state index contributed by atoms with van der Waals surface area (Å²) in [5.41, 5.74) is 2.18. The number of rotatable bonds is 6. The van der Waals surface area contributed by atoms with Crippen molar-refractivity contribution in [2.45, 2.75) is 45.4 Å². The molecule has 22 heavy (non-hydrogen) atoms. The fourth-order valence-corrected chi connectivity index (χ4v) is 2.96. The highest BCUT2D eigenvalue weighted by Gasteiger charge is 2.13. The molecule has 1 saturated heterocycles. The lowest BCUT2D eigenvalue weighted by atomic mass is 9.99. The predicted molar refractivity (Wildman–Crippen MR) is 91.6 cm³/mol. The molecule has 0 spiro atoms. The number of hydrogen-bond acceptors (Lipinski definition) is 1. The van der Waals surface area contributed by atoms with Gasteiger partial charge in [-0.25, -0.2) is 4.79 Å². The minimum atomic E-state index is -0.104. The van der Waals surface area contributed by atoms with Gasteiger partial charge in [-0.2, -0.15) is 0 Å². The van der Waals surface area contributed by atoms with Gasteiger partial charge >= 0.3 is 6.03 Å². The number of urea groups is 1. The van der Waals surface area contributed by atoms with Gasteiger partial charge in [0.15, 0.2) is 0 Å². The number of anilines is 1. The number of hydrogen-bond donors (Lipinski definition) is 3. The zero-order valence-corrected chi connectivity index (χ0v) is 14.0. The maximum absolute atomic E-state index is 11.9. The second-order valence-corrected chi connectivity index (χ2v) is 6.37. The SMILES string of the molecule is CC[C@H](C)c1ccc(NC(=O)NCC[NH+]2CCCCC2)cc1. The first-order valence-electron chi connectivity index (χ1n) is 8.67. The van der Waals surface area contributed by atoms with Crippen molar-refractivity contribution in [3.05, 3.63) is 29.8 Å². The number of carbonyl (C=O) groups excluding carboxylic acids is 1. The molecule has 1 aliphatic rings. The lowest BCUT2D eigenvalue weighted by molar-refractivity contribution is -0.903. The van der Waals surface area contributed by atoms with Crippen LogP contribution in [0.4, 0.5) is 10.5 Å². The third-order valence-electron chi connectivity index (χ3n) is 4.67. The van der Waals surface area contributed by atoms with E-state index in [1.165, 1.54) is 37.9 Å².